The van der Waals surface area contributed by atoms with Gasteiger partial charge in [0, 0.05) is 30.5 Å². The number of nitrogens with zero attached hydrogens (tertiary/aromatic N) is 3. The van der Waals surface area contributed by atoms with Gasteiger partial charge in [-0.3, -0.25) is 14.6 Å². The van der Waals surface area contributed by atoms with Crippen LogP contribution in [0.25, 0.3) is 10.9 Å². The summed E-state index contributed by atoms with van der Waals surface area (Å²) in [6.07, 6.45) is 3.48. The maximum Gasteiger partial charge on any atom is 0.252 e. The van der Waals surface area contributed by atoms with E-state index in [9.17, 15) is 9.59 Å². The Balaban J connectivity index is 1.54. The Morgan fingerprint density at radius 1 is 1.37 bits per heavy atom. The van der Waals surface area contributed by atoms with Crippen molar-refractivity contribution in [2.75, 3.05) is 31.4 Å². The number of nitrogens with one attached hydrogen (secondary N) is 1. The van der Waals surface area contributed by atoms with Crippen molar-refractivity contribution in [3.8, 4) is 6.07 Å². The zero-order valence-corrected chi connectivity index (χ0v) is 17.7. The molecule has 0 bridgehead atoms. The molecule has 1 aromatic carbocycles. The molecule has 0 saturated carbocycles. The Labute approximate surface area is 179 Å². The molecule has 1 N–H and O–H groups in total. The predicted molar refractivity (Wildman–Crippen MR) is 115 cm³/mol. The number of rotatable bonds is 4. The number of benzene rings is 1. The minimum absolute atomic E-state index is 0.00568. The van der Waals surface area contributed by atoms with Crippen LogP contribution < -0.4 is 5.32 Å². The van der Waals surface area contributed by atoms with Crippen LogP contribution in [-0.4, -0.2) is 59.1 Å². The highest BCUT2D eigenvalue weighted by Crippen LogP contribution is 2.35. The van der Waals surface area contributed by atoms with E-state index >= 15 is 0 Å². The molecule has 0 spiro atoms. The summed E-state index contributed by atoms with van der Waals surface area (Å²) in [4.78, 5) is 31.2. The van der Waals surface area contributed by atoms with Crippen molar-refractivity contribution in [2.45, 2.75) is 31.2 Å². The fourth-order valence-corrected chi connectivity index (χ4v) is 5.08. The van der Waals surface area contributed by atoms with Crippen LogP contribution in [0.3, 0.4) is 0 Å². The lowest BCUT2D eigenvalue weighted by atomic mass is 9.75. The van der Waals surface area contributed by atoms with E-state index in [1.54, 1.807) is 24.0 Å². The first kappa shape index (κ1) is 20.6. The summed E-state index contributed by atoms with van der Waals surface area (Å²) in [6.45, 7) is 3.56. The van der Waals surface area contributed by atoms with Crippen molar-refractivity contribution < 1.29 is 14.3 Å². The highest BCUT2D eigenvalue weighted by atomic mass is 32.2. The minimum Gasteiger partial charge on any atom is -0.381 e. The van der Waals surface area contributed by atoms with Gasteiger partial charge in [-0.2, -0.15) is 5.26 Å². The van der Waals surface area contributed by atoms with Crippen LogP contribution in [0.2, 0.25) is 0 Å². The van der Waals surface area contributed by atoms with Crippen molar-refractivity contribution in [1.29, 1.82) is 5.26 Å². The number of amides is 2. The van der Waals surface area contributed by atoms with Gasteiger partial charge in [-0.05, 0) is 42.0 Å². The van der Waals surface area contributed by atoms with Gasteiger partial charge in [0.15, 0.2) is 0 Å². The van der Waals surface area contributed by atoms with E-state index < -0.39 is 6.04 Å². The topological polar surface area (TPSA) is 95.3 Å². The molecule has 0 radical (unpaired) electrons. The zero-order chi connectivity index (χ0) is 21.1. The first-order valence-corrected chi connectivity index (χ1v) is 11.2. The van der Waals surface area contributed by atoms with Crippen LogP contribution >= 0.6 is 11.8 Å². The van der Waals surface area contributed by atoms with E-state index in [2.05, 4.69) is 29.4 Å². The Kier molecular flexibility index (Phi) is 5.93. The molecular formula is C22H24N4O3S. The summed E-state index contributed by atoms with van der Waals surface area (Å²) in [5.41, 5.74) is 2.42. The summed E-state index contributed by atoms with van der Waals surface area (Å²) >= 11 is 1.54. The van der Waals surface area contributed by atoms with Crippen molar-refractivity contribution >= 4 is 34.5 Å². The van der Waals surface area contributed by atoms with Gasteiger partial charge in [0.2, 0.25) is 5.91 Å². The number of pyridine rings is 1. The second-order valence-electron chi connectivity index (χ2n) is 7.95. The molecule has 4 rings (SSSR count). The van der Waals surface area contributed by atoms with Gasteiger partial charge in [-0.1, -0.05) is 13.0 Å². The van der Waals surface area contributed by atoms with E-state index in [1.165, 1.54) is 10.5 Å². The van der Waals surface area contributed by atoms with Gasteiger partial charge in [0.1, 0.15) is 6.04 Å². The third-order valence-electron chi connectivity index (χ3n) is 6.03. The number of carbonyl (C=O) groups excluding carboxylic acids is 2. The van der Waals surface area contributed by atoms with Gasteiger partial charge in [-0.25, -0.2) is 0 Å². The molecule has 30 heavy (non-hydrogen) atoms. The smallest absolute Gasteiger partial charge is 0.252 e. The fraction of sp³-hybridized carbons (Fsp3) is 0.455. The van der Waals surface area contributed by atoms with E-state index in [0.717, 1.165) is 37.0 Å². The molecule has 7 nitrogen and oxygen atoms in total. The number of aromatic nitrogens is 1. The van der Waals surface area contributed by atoms with Gasteiger partial charge in [-0.15, -0.1) is 11.8 Å². The molecule has 2 amide bonds. The lowest BCUT2D eigenvalue weighted by Gasteiger charge is -2.34. The molecule has 1 unspecified atom stereocenters. The summed E-state index contributed by atoms with van der Waals surface area (Å²) < 4.78 is 5.51. The highest BCUT2D eigenvalue weighted by molar-refractivity contribution is 7.99. The van der Waals surface area contributed by atoms with Crippen molar-refractivity contribution in [2.24, 2.45) is 0 Å². The molecule has 8 heteroatoms. The molecule has 2 fully saturated rings. The molecule has 3 heterocycles. The number of hydrogen-bond acceptors (Lipinski definition) is 6. The maximum atomic E-state index is 12.9. The first-order valence-electron chi connectivity index (χ1n) is 10.0. The maximum absolute atomic E-state index is 12.9. The molecule has 1 aromatic heterocycles. The van der Waals surface area contributed by atoms with Crippen LogP contribution in [0, 0.1) is 11.3 Å². The minimum atomic E-state index is -0.427. The number of ether oxygens (including phenoxy) is 1. The summed E-state index contributed by atoms with van der Waals surface area (Å²) in [6, 6.07) is 9.47. The van der Waals surface area contributed by atoms with E-state index in [4.69, 9.17) is 10.00 Å². The molecule has 2 aliphatic heterocycles. The molecule has 2 aliphatic rings. The average Bonchev–Trinajstić information content (AvgIpc) is 3.26. The molecule has 1 atom stereocenters. The monoisotopic (exact) mass is 424 g/mol. The standard InChI is InChI=1S/C22H24N4O3S/c1-22(5-8-29-9-6-22)15-2-3-19-18(10-15)17(4-7-24-19)21(28)25-12-20(27)26-14-30-13-16(26)11-23/h2-4,7,10,16H,5-6,8-9,12-14H2,1H3,(H,25,28). The van der Waals surface area contributed by atoms with Gasteiger partial charge in [0.25, 0.3) is 5.91 Å². The first-order chi connectivity index (χ1) is 14.5. The fourth-order valence-electron chi connectivity index (χ4n) is 3.98. The molecule has 156 valence electrons. The molecule has 2 aromatic rings. The number of carbonyl (C=O) groups is 2. The van der Waals surface area contributed by atoms with Crippen LogP contribution in [0.5, 0.6) is 0 Å². The van der Waals surface area contributed by atoms with Crippen LogP contribution in [0.4, 0.5) is 0 Å². The third-order valence-corrected chi connectivity index (χ3v) is 7.04. The van der Waals surface area contributed by atoms with Crippen molar-refractivity contribution in [1.82, 2.24) is 15.2 Å². The lowest BCUT2D eigenvalue weighted by molar-refractivity contribution is -0.129. The SMILES string of the molecule is CC1(c2ccc3nccc(C(=O)NCC(=O)N4CSCC4C#N)c3c2)CCOCC1. The van der Waals surface area contributed by atoms with Gasteiger partial charge >= 0.3 is 0 Å². The Morgan fingerprint density at radius 3 is 2.93 bits per heavy atom. The van der Waals surface area contributed by atoms with Crippen molar-refractivity contribution in [3.63, 3.8) is 0 Å². The number of nitriles is 1. The largest absolute Gasteiger partial charge is 0.381 e. The quantitative estimate of drug-likeness (QED) is 0.810. The predicted octanol–water partition coefficient (Wildman–Crippen LogP) is 2.46. The second-order valence-corrected chi connectivity index (χ2v) is 8.95. The van der Waals surface area contributed by atoms with E-state index in [0.29, 0.717) is 17.2 Å². The lowest BCUT2D eigenvalue weighted by Crippen LogP contribution is -2.42. The summed E-state index contributed by atoms with van der Waals surface area (Å²) in [5.74, 6) is 0.535. The Bertz CT molecular complexity index is 1010. The van der Waals surface area contributed by atoms with Crippen LogP contribution in [-0.2, 0) is 14.9 Å². The Hall–Kier alpha value is -2.63. The third kappa shape index (κ3) is 4.00. The number of fused-ring (bicyclic) bond motifs is 1. The summed E-state index contributed by atoms with van der Waals surface area (Å²) in [5, 5.41) is 12.7. The normalized spacial score (nSPS) is 20.7. The van der Waals surface area contributed by atoms with Gasteiger partial charge in [0.05, 0.1) is 29.6 Å². The zero-order valence-electron chi connectivity index (χ0n) is 16.9. The van der Waals surface area contributed by atoms with Crippen LogP contribution in [0.15, 0.2) is 30.5 Å². The Morgan fingerprint density at radius 2 is 2.17 bits per heavy atom. The van der Waals surface area contributed by atoms with Crippen LogP contribution in [0.1, 0.15) is 35.7 Å². The molecule has 0 aliphatic carbocycles. The number of hydrogen-bond donors (Lipinski definition) is 1. The second kappa shape index (κ2) is 8.62. The average molecular weight is 425 g/mol. The van der Waals surface area contributed by atoms with E-state index in [1.807, 2.05) is 12.1 Å². The van der Waals surface area contributed by atoms with E-state index in [-0.39, 0.29) is 23.8 Å². The van der Waals surface area contributed by atoms with Crippen molar-refractivity contribution in [3.05, 3.63) is 41.6 Å². The van der Waals surface area contributed by atoms with Gasteiger partial charge < -0.3 is 15.0 Å². The highest BCUT2D eigenvalue weighted by Gasteiger charge is 2.31. The summed E-state index contributed by atoms with van der Waals surface area (Å²) in [7, 11) is 0. The number of thioether (sulfide) groups is 1. The molecular weight excluding hydrogens is 400 g/mol. The molecule has 2 saturated heterocycles.